The number of H-pyrrole nitrogens is 1. The SMILES string of the molecule is O=c1c2ccsc2[nH]c(=S)n1C1CCOC1. The van der Waals surface area contributed by atoms with Gasteiger partial charge in [-0.1, -0.05) is 0 Å². The summed E-state index contributed by atoms with van der Waals surface area (Å²) in [6.45, 7) is 1.28. The molecule has 0 aliphatic carbocycles. The summed E-state index contributed by atoms with van der Waals surface area (Å²) in [4.78, 5) is 16.2. The van der Waals surface area contributed by atoms with Gasteiger partial charge in [0.1, 0.15) is 4.83 Å². The van der Waals surface area contributed by atoms with Crippen molar-refractivity contribution in [2.24, 2.45) is 0 Å². The smallest absolute Gasteiger partial charge is 0.263 e. The van der Waals surface area contributed by atoms with Crippen LogP contribution in [0.2, 0.25) is 0 Å². The predicted octanol–water partition coefficient (Wildman–Crippen LogP) is 2.08. The highest BCUT2D eigenvalue weighted by molar-refractivity contribution is 7.71. The zero-order chi connectivity index (χ0) is 11.1. The third kappa shape index (κ3) is 1.45. The Balaban J connectivity index is 2.30. The number of rotatable bonds is 1. The zero-order valence-electron chi connectivity index (χ0n) is 8.43. The Bertz CT molecular complexity index is 634. The molecule has 1 unspecified atom stereocenters. The van der Waals surface area contributed by atoms with Gasteiger partial charge in [-0.25, -0.2) is 0 Å². The number of thiophene rings is 1. The van der Waals surface area contributed by atoms with Crippen molar-refractivity contribution < 1.29 is 4.74 Å². The Hall–Kier alpha value is -0.980. The molecule has 3 heterocycles. The van der Waals surface area contributed by atoms with Crippen LogP contribution in [0.5, 0.6) is 0 Å². The lowest BCUT2D eigenvalue weighted by molar-refractivity contribution is 0.185. The normalized spacial score (nSPS) is 20.6. The third-order valence-corrected chi connectivity index (χ3v) is 3.95. The first kappa shape index (κ1) is 10.2. The molecule has 2 aromatic heterocycles. The average Bonchev–Trinajstić information content (AvgIpc) is 2.87. The van der Waals surface area contributed by atoms with Crippen LogP contribution >= 0.6 is 23.6 Å². The van der Waals surface area contributed by atoms with Crippen LogP contribution in [0.1, 0.15) is 12.5 Å². The number of nitrogens with one attached hydrogen (secondary N) is 1. The van der Waals surface area contributed by atoms with Crippen molar-refractivity contribution in [3.8, 4) is 0 Å². The molecule has 16 heavy (non-hydrogen) atoms. The molecule has 2 aromatic rings. The number of aromatic nitrogens is 2. The summed E-state index contributed by atoms with van der Waals surface area (Å²) in [6.07, 6.45) is 0.854. The first-order valence-corrected chi connectivity index (χ1v) is 6.36. The molecule has 0 aromatic carbocycles. The third-order valence-electron chi connectivity index (χ3n) is 2.82. The van der Waals surface area contributed by atoms with Crippen molar-refractivity contribution in [1.82, 2.24) is 9.55 Å². The minimum atomic E-state index is -0.00417. The summed E-state index contributed by atoms with van der Waals surface area (Å²) in [6, 6.07) is 1.92. The van der Waals surface area contributed by atoms with Gasteiger partial charge in [-0.2, -0.15) is 0 Å². The van der Waals surface area contributed by atoms with Gasteiger partial charge in [0.05, 0.1) is 18.0 Å². The van der Waals surface area contributed by atoms with Crippen molar-refractivity contribution in [3.05, 3.63) is 26.6 Å². The van der Waals surface area contributed by atoms with Gasteiger partial charge in [0, 0.05) is 6.61 Å². The number of fused-ring (bicyclic) bond motifs is 1. The number of hydrogen-bond acceptors (Lipinski definition) is 4. The fourth-order valence-electron chi connectivity index (χ4n) is 2.01. The van der Waals surface area contributed by atoms with E-state index >= 15 is 0 Å². The lowest BCUT2D eigenvalue weighted by atomic mass is 10.2. The molecule has 1 N–H and O–H groups in total. The van der Waals surface area contributed by atoms with Crippen LogP contribution in [0.3, 0.4) is 0 Å². The molecule has 84 valence electrons. The topological polar surface area (TPSA) is 47.0 Å². The molecule has 4 nitrogen and oxygen atoms in total. The van der Waals surface area contributed by atoms with Gasteiger partial charge >= 0.3 is 0 Å². The minimum Gasteiger partial charge on any atom is -0.379 e. The highest BCUT2D eigenvalue weighted by Gasteiger charge is 2.20. The molecule has 1 fully saturated rings. The van der Waals surface area contributed by atoms with E-state index in [-0.39, 0.29) is 11.6 Å². The Kier molecular flexibility index (Phi) is 2.42. The first-order valence-electron chi connectivity index (χ1n) is 5.07. The molecule has 1 aliphatic rings. The van der Waals surface area contributed by atoms with Crippen LogP contribution in [-0.4, -0.2) is 22.8 Å². The molecule has 1 saturated heterocycles. The Morgan fingerprint density at radius 3 is 3.25 bits per heavy atom. The molecule has 0 spiro atoms. The molecular weight excluding hydrogens is 244 g/mol. The van der Waals surface area contributed by atoms with Crippen LogP contribution in [0, 0.1) is 4.77 Å². The molecule has 0 radical (unpaired) electrons. The van der Waals surface area contributed by atoms with Crippen molar-refractivity contribution in [1.29, 1.82) is 0 Å². The minimum absolute atomic E-state index is 0.00417. The monoisotopic (exact) mass is 254 g/mol. The summed E-state index contributed by atoms with van der Waals surface area (Å²) in [5.41, 5.74) is -0.00417. The van der Waals surface area contributed by atoms with E-state index in [4.69, 9.17) is 17.0 Å². The quantitative estimate of drug-likeness (QED) is 0.793. The summed E-state index contributed by atoms with van der Waals surface area (Å²) >= 11 is 6.73. The van der Waals surface area contributed by atoms with Crippen LogP contribution in [0.15, 0.2) is 16.2 Å². The second-order valence-corrected chi connectivity index (χ2v) is 5.09. The fourth-order valence-corrected chi connectivity index (χ4v) is 3.19. The molecule has 0 bridgehead atoms. The van der Waals surface area contributed by atoms with E-state index in [9.17, 15) is 4.79 Å². The van der Waals surface area contributed by atoms with E-state index in [0.717, 1.165) is 11.3 Å². The number of nitrogens with zero attached hydrogens (tertiary/aromatic N) is 1. The van der Waals surface area contributed by atoms with Gasteiger partial charge in [-0.15, -0.1) is 11.3 Å². The molecule has 3 rings (SSSR count). The maximum atomic E-state index is 12.2. The van der Waals surface area contributed by atoms with Gasteiger partial charge in [0.15, 0.2) is 4.77 Å². The van der Waals surface area contributed by atoms with Gasteiger partial charge in [0.25, 0.3) is 5.56 Å². The first-order chi connectivity index (χ1) is 7.77. The maximum Gasteiger partial charge on any atom is 0.263 e. The van der Waals surface area contributed by atoms with Crippen LogP contribution < -0.4 is 5.56 Å². The summed E-state index contributed by atoms with van der Waals surface area (Å²) in [5, 5.41) is 2.61. The standard InChI is InChI=1S/C10H10N2O2S2/c13-9-7-2-4-16-8(7)11-10(15)12(9)6-1-3-14-5-6/h2,4,6H,1,3,5H2,(H,11,15). The van der Waals surface area contributed by atoms with Crippen molar-refractivity contribution in [2.45, 2.75) is 12.5 Å². The van der Waals surface area contributed by atoms with Gasteiger partial charge in [-0.05, 0) is 30.1 Å². The lowest BCUT2D eigenvalue weighted by Crippen LogP contribution is -2.26. The maximum absolute atomic E-state index is 12.2. The zero-order valence-corrected chi connectivity index (χ0v) is 10.1. The van der Waals surface area contributed by atoms with Crippen LogP contribution in [-0.2, 0) is 4.74 Å². The molecule has 0 amide bonds. The summed E-state index contributed by atoms with van der Waals surface area (Å²) in [7, 11) is 0. The van der Waals surface area contributed by atoms with E-state index in [2.05, 4.69) is 4.98 Å². The van der Waals surface area contributed by atoms with Crippen LogP contribution in [0.25, 0.3) is 10.2 Å². The predicted molar refractivity (Wildman–Crippen MR) is 65.7 cm³/mol. The molecular formula is C10H10N2O2S2. The van der Waals surface area contributed by atoms with Crippen molar-refractivity contribution in [3.63, 3.8) is 0 Å². The lowest BCUT2D eigenvalue weighted by Gasteiger charge is -2.11. The summed E-state index contributed by atoms with van der Waals surface area (Å²) < 4.78 is 7.44. The number of hydrogen-bond donors (Lipinski definition) is 1. The van der Waals surface area contributed by atoms with E-state index in [1.807, 2.05) is 11.4 Å². The van der Waals surface area contributed by atoms with Crippen molar-refractivity contribution in [2.75, 3.05) is 13.2 Å². The highest BCUT2D eigenvalue weighted by Crippen LogP contribution is 2.20. The fraction of sp³-hybridized carbons (Fsp3) is 0.400. The highest BCUT2D eigenvalue weighted by atomic mass is 32.1. The van der Waals surface area contributed by atoms with Gasteiger partial charge in [-0.3, -0.25) is 9.36 Å². The van der Waals surface area contributed by atoms with E-state index in [1.165, 1.54) is 11.3 Å². The van der Waals surface area contributed by atoms with Gasteiger partial charge in [0.2, 0.25) is 0 Å². The Morgan fingerprint density at radius 1 is 1.62 bits per heavy atom. The van der Waals surface area contributed by atoms with E-state index < -0.39 is 0 Å². The molecule has 6 heteroatoms. The molecule has 1 atom stereocenters. The van der Waals surface area contributed by atoms with Crippen LogP contribution in [0.4, 0.5) is 0 Å². The second kappa shape index (κ2) is 3.80. The van der Waals surface area contributed by atoms with E-state index in [0.29, 0.717) is 23.4 Å². The van der Waals surface area contributed by atoms with Gasteiger partial charge < -0.3 is 9.72 Å². The Labute approximate surface area is 100 Å². The van der Waals surface area contributed by atoms with E-state index in [1.54, 1.807) is 4.57 Å². The number of aromatic amines is 1. The molecule has 1 aliphatic heterocycles. The summed E-state index contributed by atoms with van der Waals surface area (Å²) in [5.74, 6) is 0. The largest absolute Gasteiger partial charge is 0.379 e. The Morgan fingerprint density at radius 2 is 2.50 bits per heavy atom. The second-order valence-electron chi connectivity index (χ2n) is 3.79. The van der Waals surface area contributed by atoms with Crippen molar-refractivity contribution >= 4 is 33.8 Å². The molecule has 0 saturated carbocycles. The average molecular weight is 254 g/mol. The number of ether oxygens (including phenoxy) is 1.